The number of rotatable bonds is 2. The predicted octanol–water partition coefficient (Wildman–Crippen LogP) is 2.88. The van der Waals surface area contributed by atoms with Crippen LogP contribution in [0.4, 0.5) is 0 Å². The average molecular weight is 255 g/mol. The van der Waals surface area contributed by atoms with Gasteiger partial charge in [-0.15, -0.1) is 0 Å². The lowest BCUT2D eigenvalue weighted by molar-refractivity contribution is 0.304. The Bertz CT molecular complexity index is 503. The van der Waals surface area contributed by atoms with Gasteiger partial charge in [-0.3, -0.25) is 4.98 Å². The second-order valence-electron chi connectivity index (χ2n) is 6.40. The third-order valence-electron chi connectivity index (χ3n) is 4.72. The smallest absolute Gasteiger partial charge is 0.0866 e. The van der Waals surface area contributed by atoms with E-state index >= 15 is 0 Å². The Labute approximate surface area is 115 Å². The Morgan fingerprint density at radius 3 is 2.58 bits per heavy atom. The van der Waals surface area contributed by atoms with Crippen molar-refractivity contribution in [1.29, 1.82) is 5.26 Å². The second kappa shape index (κ2) is 4.61. The number of piperidine rings is 1. The van der Waals surface area contributed by atoms with Gasteiger partial charge in [0.05, 0.1) is 11.5 Å². The standard InChI is InChI=1S/C16H21N3/c1-11(2)12-5-13(9-18-8-12)16(10-17)6-14-3-4-15(7-16)19-14/h5,8-9,11,14-15,19H,3-4,6-7H2,1-2H3. The van der Waals surface area contributed by atoms with Crippen molar-refractivity contribution in [2.75, 3.05) is 0 Å². The fraction of sp³-hybridized carbons (Fsp3) is 0.625. The molecule has 0 aliphatic carbocycles. The molecule has 0 spiro atoms. The van der Waals surface area contributed by atoms with Crippen LogP contribution in [0.2, 0.25) is 0 Å². The lowest BCUT2D eigenvalue weighted by atomic mass is 9.72. The molecule has 1 aromatic rings. The number of hydrogen-bond acceptors (Lipinski definition) is 3. The van der Waals surface area contributed by atoms with Crippen LogP contribution in [0.5, 0.6) is 0 Å². The summed E-state index contributed by atoms with van der Waals surface area (Å²) in [7, 11) is 0. The SMILES string of the molecule is CC(C)c1cncc(C2(C#N)CC3CCC(C2)N3)c1. The van der Waals surface area contributed by atoms with E-state index in [0.29, 0.717) is 18.0 Å². The molecular formula is C16H21N3. The van der Waals surface area contributed by atoms with Crippen LogP contribution in [0.25, 0.3) is 0 Å². The normalized spacial score (nSPS) is 33.4. The number of nitrogens with zero attached hydrogens (tertiary/aromatic N) is 2. The van der Waals surface area contributed by atoms with Crippen molar-refractivity contribution < 1.29 is 0 Å². The number of nitrogens with one attached hydrogen (secondary N) is 1. The third kappa shape index (κ3) is 2.15. The molecule has 3 nitrogen and oxygen atoms in total. The molecule has 100 valence electrons. The molecule has 0 amide bonds. The van der Waals surface area contributed by atoms with Crippen LogP contribution in [0.15, 0.2) is 18.5 Å². The molecule has 2 fully saturated rings. The van der Waals surface area contributed by atoms with Crippen LogP contribution in [-0.4, -0.2) is 17.1 Å². The van der Waals surface area contributed by atoms with Gasteiger partial charge in [-0.1, -0.05) is 19.9 Å². The Balaban J connectivity index is 1.98. The van der Waals surface area contributed by atoms with Gasteiger partial charge in [0.2, 0.25) is 0 Å². The van der Waals surface area contributed by atoms with Crippen molar-refractivity contribution >= 4 is 0 Å². The van der Waals surface area contributed by atoms with Crippen LogP contribution < -0.4 is 5.32 Å². The molecule has 1 N–H and O–H groups in total. The van der Waals surface area contributed by atoms with Gasteiger partial charge in [0, 0.05) is 24.5 Å². The fourth-order valence-electron chi connectivity index (χ4n) is 3.58. The number of nitriles is 1. The Hall–Kier alpha value is -1.40. The second-order valence-corrected chi connectivity index (χ2v) is 6.40. The molecule has 0 aromatic carbocycles. The number of hydrogen-bond donors (Lipinski definition) is 1. The zero-order chi connectivity index (χ0) is 13.5. The van der Waals surface area contributed by atoms with E-state index in [0.717, 1.165) is 18.4 Å². The van der Waals surface area contributed by atoms with Crippen molar-refractivity contribution in [1.82, 2.24) is 10.3 Å². The van der Waals surface area contributed by atoms with E-state index in [9.17, 15) is 5.26 Å². The van der Waals surface area contributed by atoms with Gasteiger partial charge in [-0.05, 0) is 42.7 Å². The first-order valence-corrected chi connectivity index (χ1v) is 7.26. The molecule has 2 unspecified atom stereocenters. The molecule has 2 atom stereocenters. The summed E-state index contributed by atoms with van der Waals surface area (Å²) in [6, 6.07) is 5.85. The maximum Gasteiger partial charge on any atom is 0.0866 e. The van der Waals surface area contributed by atoms with E-state index in [1.165, 1.54) is 18.4 Å². The van der Waals surface area contributed by atoms with Crippen molar-refractivity contribution in [3.05, 3.63) is 29.6 Å². The first kappa shape index (κ1) is 12.6. The summed E-state index contributed by atoms with van der Waals surface area (Å²) in [6.07, 6.45) is 8.12. The molecule has 0 saturated carbocycles. The van der Waals surface area contributed by atoms with Crippen LogP contribution >= 0.6 is 0 Å². The highest BCUT2D eigenvalue weighted by molar-refractivity contribution is 5.36. The maximum absolute atomic E-state index is 9.78. The van der Waals surface area contributed by atoms with Gasteiger partial charge in [0.1, 0.15) is 0 Å². The lowest BCUT2D eigenvalue weighted by Crippen LogP contribution is -2.46. The number of aromatic nitrogens is 1. The maximum atomic E-state index is 9.78. The summed E-state index contributed by atoms with van der Waals surface area (Å²) in [5.41, 5.74) is 2.03. The third-order valence-corrected chi connectivity index (χ3v) is 4.72. The first-order chi connectivity index (χ1) is 9.13. The van der Waals surface area contributed by atoms with E-state index in [1.807, 2.05) is 12.4 Å². The Kier molecular flexibility index (Phi) is 3.06. The van der Waals surface area contributed by atoms with Crippen LogP contribution in [0.3, 0.4) is 0 Å². The van der Waals surface area contributed by atoms with Gasteiger partial charge < -0.3 is 5.32 Å². The Morgan fingerprint density at radius 2 is 2.00 bits per heavy atom. The minimum Gasteiger partial charge on any atom is -0.311 e. The molecular weight excluding hydrogens is 234 g/mol. The van der Waals surface area contributed by atoms with Crippen molar-refractivity contribution in [3.63, 3.8) is 0 Å². The van der Waals surface area contributed by atoms with Gasteiger partial charge in [-0.25, -0.2) is 0 Å². The van der Waals surface area contributed by atoms with Crippen LogP contribution in [0, 0.1) is 11.3 Å². The summed E-state index contributed by atoms with van der Waals surface area (Å²) >= 11 is 0. The molecule has 19 heavy (non-hydrogen) atoms. The molecule has 2 aliphatic rings. The molecule has 1 aromatic heterocycles. The van der Waals surface area contributed by atoms with Crippen molar-refractivity contribution in [3.8, 4) is 6.07 Å². The van der Waals surface area contributed by atoms with Gasteiger partial charge in [0.15, 0.2) is 0 Å². The lowest BCUT2D eigenvalue weighted by Gasteiger charge is -2.36. The molecule has 3 heteroatoms. The number of pyridine rings is 1. The molecule has 2 aliphatic heterocycles. The summed E-state index contributed by atoms with van der Waals surface area (Å²) in [5.74, 6) is 0.460. The van der Waals surface area contributed by atoms with Gasteiger partial charge in [0.25, 0.3) is 0 Å². The van der Waals surface area contributed by atoms with E-state index in [1.54, 1.807) is 0 Å². The molecule has 0 radical (unpaired) electrons. The Morgan fingerprint density at radius 1 is 1.32 bits per heavy atom. The highest BCUT2D eigenvalue weighted by atomic mass is 15.0. The summed E-state index contributed by atoms with van der Waals surface area (Å²) in [4.78, 5) is 4.37. The molecule has 3 heterocycles. The minimum atomic E-state index is -0.324. The van der Waals surface area contributed by atoms with E-state index < -0.39 is 0 Å². The zero-order valence-electron chi connectivity index (χ0n) is 11.7. The largest absolute Gasteiger partial charge is 0.311 e. The fourth-order valence-corrected chi connectivity index (χ4v) is 3.58. The van der Waals surface area contributed by atoms with Crippen molar-refractivity contribution in [2.45, 2.75) is 62.9 Å². The van der Waals surface area contributed by atoms with Crippen LogP contribution in [-0.2, 0) is 5.41 Å². The highest BCUT2D eigenvalue weighted by Gasteiger charge is 2.45. The highest BCUT2D eigenvalue weighted by Crippen LogP contribution is 2.42. The monoisotopic (exact) mass is 255 g/mol. The van der Waals surface area contributed by atoms with Gasteiger partial charge in [-0.2, -0.15) is 5.26 Å². The summed E-state index contributed by atoms with van der Waals surface area (Å²) in [6.45, 7) is 4.35. The van der Waals surface area contributed by atoms with E-state index in [-0.39, 0.29) is 5.41 Å². The minimum absolute atomic E-state index is 0.324. The number of fused-ring (bicyclic) bond motifs is 2. The van der Waals surface area contributed by atoms with Crippen LogP contribution in [0.1, 0.15) is 56.6 Å². The molecule has 2 saturated heterocycles. The zero-order valence-corrected chi connectivity index (χ0v) is 11.7. The van der Waals surface area contributed by atoms with Crippen molar-refractivity contribution in [2.24, 2.45) is 0 Å². The van der Waals surface area contributed by atoms with Gasteiger partial charge >= 0.3 is 0 Å². The first-order valence-electron chi connectivity index (χ1n) is 7.26. The molecule has 3 rings (SSSR count). The quantitative estimate of drug-likeness (QED) is 0.884. The van der Waals surface area contributed by atoms with E-state index in [2.05, 4.69) is 36.3 Å². The van der Waals surface area contributed by atoms with E-state index in [4.69, 9.17) is 0 Å². The molecule has 2 bridgehead atoms. The summed E-state index contributed by atoms with van der Waals surface area (Å²) < 4.78 is 0. The summed E-state index contributed by atoms with van der Waals surface area (Å²) in [5, 5.41) is 13.4. The predicted molar refractivity (Wildman–Crippen MR) is 74.8 cm³/mol. The average Bonchev–Trinajstić information content (AvgIpc) is 2.78. The topological polar surface area (TPSA) is 48.7 Å².